The standard InChI is InChI=1S/C13H18IN5/c1-3-7-15-12(9-13-16-18-19(2)17-13)10-5-4-6-11(14)8-10/h4-6,8,12,15H,3,7,9H2,1-2H3. The van der Waals surface area contributed by atoms with Crippen LogP contribution >= 0.6 is 22.6 Å². The van der Waals surface area contributed by atoms with Gasteiger partial charge in [-0.2, -0.15) is 4.80 Å². The maximum Gasteiger partial charge on any atom is 0.176 e. The first-order chi connectivity index (χ1) is 9.19. The van der Waals surface area contributed by atoms with Crippen LogP contribution in [-0.2, 0) is 13.5 Å². The molecule has 0 bridgehead atoms. The average Bonchev–Trinajstić information content (AvgIpc) is 2.80. The first-order valence-electron chi connectivity index (χ1n) is 6.40. The van der Waals surface area contributed by atoms with E-state index in [4.69, 9.17) is 0 Å². The lowest BCUT2D eigenvalue weighted by molar-refractivity contribution is 0.516. The topological polar surface area (TPSA) is 55.6 Å². The Morgan fingerprint density at radius 1 is 1.42 bits per heavy atom. The van der Waals surface area contributed by atoms with Crippen molar-refractivity contribution in [1.29, 1.82) is 0 Å². The van der Waals surface area contributed by atoms with Crippen molar-refractivity contribution in [2.75, 3.05) is 6.54 Å². The highest BCUT2D eigenvalue weighted by molar-refractivity contribution is 14.1. The summed E-state index contributed by atoms with van der Waals surface area (Å²) in [7, 11) is 1.79. The molecular formula is C13H18IN5. The van der Waals surface area contributed by atoms with Gasteiger partial charge in [-0.3, -0.25) is 0 Å². The van der Waals surface area contributed by atoms with E-state index in [9.17, 15) is 0 Å². The van der Waals surface area contributed by atoms with Gasteiger partial charge < -0.3 is 5.32 Å². The normalized spacial score (nSPS) is 12.6. The summed E-state index contributed by atoms with van der Waals surface area (Å²) < 4.78 is 1.24. The molecule has 0 saturated carbocycles. The number of hydrogen-bond donors (Lipinski definition) is 1. The number of aromatic nitrogens is 4. The molecule has 1 N–H and O–H groups in total. The van der Waals surface area contributed by atoms with Gasteiger partial charge in [0.2, 0.25) is 0 Å². The van der Waals surface area contributed by atoms with E-state index in [1.165, 1.54) is 13.9 Å². The van der Waals surface area contributed by atoms with Crippen LogP contribution < -0.4 is 5.32 Å². The second-order valence-electron chi connectivity index (χ2n) is 4.46. The number of rotatable bonds is 6. The second-order valence-corrected chi connectivity index (χ2v) is 5.71. The van der Waals surface area contributed by atoms with Gasteiger partial charge in [-0.15, -0.1) is 10.2 Å². The van der Waals surface area contributed by atoms with Crippen molar-refractivity contribution >= 4 is 22.6 Å². The number of aryl methyl sites for hydroxylation is 1. The third-order valence-corrected chi connectivity index (χ3v) is 3.50. The van der Waals surface area contributed by atoms with E-state index in [-0.39, 0.29) is 6.04 Å². The highest BCUT2D eigenvalue weighted by Gasteiger charge is 2.14. The zero-order chi connectivity index (χ0) is 13.7. The Bertz CT molecular complexity index is 525. The molecule has 1 aromatic carbocycles. The van der Waals surface area contributed by atoms with Crippen LogP contribution in [-0.4, -0.2) is 26.8 Å². The van der Waals surface area contributed by atoms with Crippen LogP contribution in [0.25, 0.3) is 0 Å². The molecule has 0 fully saturated rings. The predicted octanol–water partition coefficient (Wildman–Crippen LogP) is 2.10. The Morgan fingerprint density at radius 3 is 2.89 bits per heavy atom. The fraction of sp³-hybridized carbons (Fsp3) is 0.462. The molecule has 1 heterocycles. The molecular weight excluding hydrogens is 353 g/mol. The predicted molar refractivity (Wildman–Crippen MR) is 82.7 cm³/mol. The van der Waals surface area contributed by atoms with Crippen molar-refractivity contribution in [3.05, 3.63) is 39.2 Å². The summed E-state index contributed by atoms with van der Waals surface area (Å²) in [4.78, 5) is 1.50. The van der Waals surface area contributed by atoms with Gasteiger partial charge >= 0.3 is 0 Å². The lowest BCUT2D eigenvalue weighted by Gasteiger charge is -2.17. The van der Waals surface area contributed by atoms with Gasteiger partial charge in [-0.25, -0.2) is 0 Å². The lowest BCUT2D eigenvalue weighted by atomic mass is 10.0. The van der Waals surface area contributed by atoms with Crippen LogP contribution in [0.2, 0.25) is 0 Å². The van der Waals surface area contributed by atoms with Crippen LogP contribution in [0.1, 0.15) is 30.8 Å². The summed E-state index contributed by atoms with van der Waals surface area (Å²) in [5.41, 5.74) is 1.27. The lowest BCUT2D eigenvalue weighted by Crippen LogP contribution is -2.24. The number of nitrogens with zero attached hydrogens (tertiary/aromatic N) is 4. The summed E-state index contributed by atoms with van der Waals surface area (Å²) in [6, 6.07) is 8.76. The van der Waals surface area contributed by atoms with Crippen molar-refractivity contribution in [3.8, 4) is 0 Å². The fourth-order valence-corrected chi connectivity index (χ4v) is 2.50. The van der Waals surface area contributed by atoms with Crippen LogP contribution in [0, 0.1) is 3.57 Å². The fourth-order valence-electron chi connectivity index (χ4n) is 1.94. The van der Waals surface area contributed by atoms with E-state index in [0.29, 0.717) is 0 Å². The molecule has 0 aliphatic rings. The maximum absolute atomic E-state index is 4.26. The monoisotopic (exact) mass is 371 g/mol. The Labute approximate surface area is 126 Å². The van der Waals surface area contributed by atoms with Crippen LogP contribution in [0.4, 0.5) is 0 Å². The van der Waals surface area contributed by atoms with Crippen molar-refractivity contribution < 1.29 is 0 Å². The average molecular weight is 371 g/mol. The molecule has 2 rings (SSSR count). The maximum atomic E-state index is 4.26. The Morgan fingerprint density at radius 2 is 2.26 bits per heavy atom. The molecule has 1 atom stereocenters. The van der Waals surface area contributed by atoms with E-state index in [0.717, 1.165) is 25.2 Å². The summed E-state index contributed by atoms with van der Waals surface area (Å²) in [6.07, 6.45) is 1.86. The van der Waals surface area contributed by atoms with Gasteiger partial charge in [0, 0.05) is 16.0 Å². The molecule has 0 spiro atoms. The Kier molecular flexibility index (Phi) is 5.26. The first kappa shape index (κ1) is 14.4. The summed E-state index contributed by atoms with van der Waals surface area (Å²) in [6.45, 7) is 3.15. The molecule has 2 aromatic rings. The third-order valence-electron chi connectivity index (χ3n) is 2.83. The van der Waals surface area contributed by atoms with Gasteiger partial charge in [0.1, 0.15) is 0 Å². The van der Waals surface area contributed by atoms with E-state index >= 15 is 0 Å². The van der Waals surface area contributed by atoms with Gasteiger partial charge in [-0.1, -0.05) is 19.1 Å². The molecule has 0 radical (unpaired) electrons. The molecule has 0 amide bonds. The minimum atomic E-state index is 0.235. The number of nitrogens with one attached hydrogen (secondary N) is 1. The molecule has 0 saturated heterocycles. The molecule has 102 valence electrons. The Hall–Kier alpha value is -1.02. The molecule has 6 heteroatoms. The summed E-state index contributed by atoms with van der Waals surface area (Å²) >= 11 is 2.34. The number of hydrogen-bond acceptors (Lipinski definition) is 4. The highest BCUT2D eigenvalue weighted by Crippen LogP contribution is 2.19. The third kappa shape index (κ3) is 4.24. The van der Waals surface area contributed by atoms with Gasteiger partial charge in [-0.05, 0) is 58.5 Å². The minimum absolute atomic E-state index is 0.235. The minimum Gasteiger partial charge on any atom is -0.310 e. The molecule has 1 unspecified atom stereocenters. The number of benzene rings is 1. The smallest absolute Gasteiger partial charge is 0.176 e. The largest absolute Gasteiger partial charge is 0.310 e. The SMILES string of the molecule is CCCNC(Cc1nnn(C)n1)c1cccc(I)c1. The number of halogens is 1. The highest BCUT2D eigenvalue weighted by atomic mass is 127. The van der Waals surface area contributed by atoms with Gasteiger partial charge in [0.15, 0.2) is 5.82 Å². The quantitative estimate of drug-likeness (QED) is 0.791. The summed E-state index contributed by atoms with van der Waals surface area (Å²) in [5.74, 6) is 0.773. The van der Waals surface area contributed by atoms with E-state index < -0.39 is 0 Å². The molecule has 19 heavy (non-hydrogen) atoms. The summed E-state index contributed by atoms with van der Waals surface area (Å²) in [5, 5.41) is 15.8. The molecule has 5 nitrogen and oxygen atoms in total. The van der Waals surface area contributed by atoms with Crippen LogP contribution in [0.5, 0.6) is 0 Å². The second kappa shape index (κ2) is 6.95. The van der Waals surface area contributed by atoms with Crippen molar-refractivity contribution in [1.82, 2.24) is 25.5 Å². The Balaban J connectivity index is 2.15. The zero-order valence-corrected chi connectivity index (χ0v) is 13.3. The zero-order valence-electron chi connectivity index (χ0n) is 11.2. The first-order valence-corrected chi connectivity index (χ1v) is 7.48. The van der Waals surface area contributed by atoms with Crippen LogP contribution in [0.3, 0.4) is 0 Å². The van der Waals surface area contributed by atoms with Gasteiger partial charge in [0.05, 0.1) is 7.05 Å². The molecule has 1 aromatic heterocycles. The van der Waals surface area contributed by atoms with Gasteiger partial charge in [0.25, 0.3) is 0 Å². The van der Waals surface area contributed by atoms with Crippen LogP contribution in [0.15, 0.2) is 24.3 Å². The molecule has 0 aliphatic carbocycles. The van der Waals surface area contributed by atoms with Crippen molar-refractivity contribution in [2.24, 2.45) is 7.05 Å². The van der Waals surface area contributed by atoms with Crippen molar-refractivity contribution in [2.45, 2.75) is 25.8 Å². The number of tetrazole rings is 1. The van der Waals surface area contributed by atoms with Crippen molar-refractivity contribution in [3.63, 3.8) is 0 Å². The van der Waals surface area contributed by atoms with E-state index in [1.807, 2.05) is 0 Å². The molecule has 0 aliphatic heterocycles. The van der Waals surface area contributed by atoms with E-state index in [2.05, 4.69) is 74.5 Å². The van der Waals surface area contributed by atoms with E-state index in [1.54, 1.807) is 7.05 Å².